The lowest BCUT2D eigenvalue weighted by molar-refractivity contribution is -0.185. The van der Waals surface area contributed by atoms with Crippen molar-refractivity contribution in [2.45, 2.75) is 51.7 Å². The van der Waals surface area contributed by atoms with Crippen molar-refractivity contribution in [2.24, 2.45) is 23.0 Å². The summed E-state index contributed by atoms with van der Waals surface area (Å²) in [5.41, 5.74) is 6.44. The minimum atomic E-state index is -4.02. The second-order valence-electron chi connectivity index (χ2n) is 6.93. The van der Waals surface area contributed by atoms with Gasteiger partial charge in [0.25, 0.3) is 0 Å². The van der Waals surface area contributed by atoms with E-state index in [1.807, 2.05) is 0 Å². The van der Waals surface area contributed by atoms with Crippen LogP contribution < -0.4 is 5.73 Å². The Hall–Kier alpha value is -0.290. The highest BCUT2D eigenvalue weighted by Crippen LogP contribution is 2.41. The van der Waals surface area contributed by atoms with Crippen molar-refractivity contribution in [3.63, 3.8) is 0 Å². The monoisotopic (exact) mass is 278 g/mol. The van der Waals surface area contributed by atoms with E-state index in [-0.39, 0.29) is 24.3 Å². The molecular weight excluding hydrogens is 253 g/mol. The molecule has 0 amide bonds. The number of halogens is 3. The van der Waals surface area contributed by atoms with Gasteiger partial charge in [-0.25, -0.2) is 0 Å². The van der Waals surface area contributed by atoms with Gasteiger partial charge in [0, 0.05) is 12.6 Å². The third kappa shape index (κ3) is 3.43. The minimum Gasteiger partial charge on any atom is -0.327 e. The Balaban J connectivity index is 1.81. The summed E-state index contributed by atoms with van der Waals surface area (Å²) in [4.78, 5) is 2.17. The smallest absolute Gasteiger partial charge is 0.327 e. The van der Waals surface area contributed by atoms with Gasteiger partial charge in [0.2, 0.25) is 0 Å². The molecule has 1 saturated heterocycles. The molecule has 2 rings (SSSR count). The number of nitrogens with zero attached hydrogens (tertiary/aromatic N) is 1. The number of hydrogen-bond donors (Lipinski definition) is 1. The van der Waals surface area contributed by atoms with Crippen LogP contribution in [-0.4, -0.2) is 36.8 Å². The maximum Gasteiger partial charge on any atom is 0.391 e. The average molecular weight is 278 g/mol. The van der Waals surface area contributed by atoms with Crippen molar-refractivity contribution in [2.75, 3.05) is 19.6 Å². The predicted octanol–water partition coefficient (Wildman–Crippen LogP) is 3.02. The number of hydrogen-bond acceptors (Lipinski definition) is 2. The first kappa shape index (κ1) is 15.1. The zero-order valence-electron chi connectivity index (χ0n) is 11.8. The van der Waals surface area contributed by atoms with Gasteiger partial charge in [0.1, 0.15) is 0 Å². The lowest BCUT2D eigenvalue weighted by atomic mass is 9.85. The molecule has 5 heteroatoms. The van der Waals surface area contributed by atoms with E-state index in [4.69, 9.17) is 5.73 Å². The van der Waals surface area contributed by atoms with E-state index in [1.54, 1.807) is 0 Å². The molecule has 1 aliphatic heterocycles. The van der Waals surface area contributed by atoms with E-state index in [0.717, 1.165) is 19.4 Å². The molecule has 2 fully saturated rings. The fourth-order valence-electron chi connectivity index (χ4n) is 3.52. The molecule has 0 aromatic carbocycles. The van der Waals surface area contributed by atoms with E-state index in [2.05, 4.69) is 18.7 Å². The molecule has 2 nitrogen and oxygen atoms in total. The van der Waals surface area contributed by atoms with Gasteiger partial charge in [-0.2, -0.15) is 13.2 Å². The van der Waals surface area contributed by atoms with Crippen molar-refractivity contribution in [1.82, 2.24) is 4.90 Å². The van der Waals surface area contributed by atoms with E-state index in [0.29, 0.717) is 19.0 Å². The lowest BCUT2D eigenvalue weighted by Gasteiger charge is -2.36. The second kappa shape index (κ2) is 5.24. The van der Waals surface area contributed by atoms with Crippen LogP contribution in [-0.2, 0) is 0 Å². The predicted molar refractivity (Wildman–Crippen MR) is 69.7 cm³/mol. The van der Waals surface area contributed by atoms with Crippen LogP contribution in [0.4, 0.5) is 13.2 Å². The normalized spacial score (nSPS) is 33.8. The van der Waals surface area contributed by atoms with Gasteiger partial charge in [0.15, 0.2) is 0 Å². The highest BCUT2D eigenvalue weighted by molar-refractivity contribution is 4.95. The van der Waals surface area contributed by atoms with E-state index < -0.39 is 12.1 Å². The van der Waals surface area contributed by atoms with Gasteiger partial charge < -0.3 is 10.6 Å². The lowest BCUT2D eigenvalue weighted by Crippen LogP contribution is -2.45. The summed E-state index contributed by atoms with van der Waals surface area (Å²) in [6, 6.07) is 0.174. The maximum atomic E-state index is 12.6. The van der Waals surface area contributed by atoms with E-state index in [1.165, 1.54) is 0 Å². The highest BCUT2D eigenvalue weighted by Gasteiger charge is 2.43. The van der Waals surface area contributed by atoms with Gasteiger partial charge >= 0.3 is 6.18 Å². The number of nitrogens with two attached hydrogens (primary N) is 1. The fourth-order valence-corrected chi connectivity index (χ4v) is 3.52. The quantitative estimate of drug-likeness (QED) is 0.841. The van der Waals surface area contributed by atoms with Crippen molar-refractivity contribution < 1.29 is 13.2 Å². The summed E-state index contributed by atoms with van der Waals surface area (Å²) in [5, 5.41) is 0. The van der Waals surface area contributed by atoms with E-state index in [9.17, 15) is 13.2 Å². The Morgan fingerprint density at radius 2 is 1.74 bits per heavy atom. The summed E-state index contributed by atoms with van der Waals surface area (Å²) in [5.74, 6) is -0.658. The molecule has 0 radical (unpaired) electrons. The minimum absolute atomic E-state index is 0.174. The van der Waals surface area contributed by atoms with Crippen LogP contribution in [0.5, 0.6) is 0 Å². The Morgan fingerprint density at radius 1 is 1.16 bits per heavy atom. The Bertz CT molecular complexity index is 306. The summed E-state index contributed by atoms with van der Waals surface area (Å²) in [6.45, 7) is 6.37. The molecule has 2 N–H and O–H groups in total. The van der Waals surface area contributed by atoms with Crippen LogP contribution in [0.2, 0.25) is 0 Å². The van der Waals surface area contributed by atoms with Gasteiger partial charge in [-0.1, -0.05) is 13.8 Å². The largest absolute Gasteiger partial charge is 0.391 e. The third-order valence-electron chi connectivity index (χ3n) is 5.11. The molecule has 2 atom stereocenters. The Morgan fingerprint density at radius 3 is 2.16 bits per heavy atom. The zero-order valence-corrected chi connectivity index (χ0v) is 11.8. The maximum absolute atomic E-state index is 12.6. The van der Waals surface area contributed by atoms with Crippen LogP contribution in [0.15, 0.2) is 0 Å². The molecule has 0 bridgehead atoms. The summed E-state index contributed by atoms with van der Waals surface area (Å²) in [6.07, 6.45) is -1.30. The SMILES string of the molecule is CC1(C)CCC(CN2CCC(C(F)(F)F)CC2)C1N. The molecule has 1 saturated carbocycles. The zero-order chi connectivity index (χ0) is 14.3. The first-order chi connectivity index (χ1) is 8.70. The molecule has 2 aliphatic rings. The van der Waals surface area contributed by atoms with Crippen LogP contribution in [0.1, 0.15) is 39.5 Å². The molecule has 19 heavy (non-hydrogen) atoms. The number of alkyl halides is 3. The molecule has 0 aromatic rings. The number of rotatable bonds is 2. The van der Waals surface area contributed by atoms with Crippen molar-refractivity contribution >= 4 is 0 Å². The van der Waals surface area contributed by atoms with E-state index >= 15 is 0 Å². The first-order valence-electron chi connectivity index (χ1n) is 7.25. The van der Waals surface area contributed by atoms with Crippen molar-refractivity contribution in [3.05, 3.63) is 0 Å². The third-order valence-corrected chi connectivity index (χ3v) is 5.11. The standard InChI is InChI=1S/C14H25F3N2/c1-13(2)6-3-10(12(13)18)9-19-7-4-11(5-8-19)14(15,16)17/h10-12H,3-9,18H2,1-2H3. The topological polar surface area (TPSA) is 29.3 Å². The van der Waals surface area contributed by atoms with Gasteiger partial charge in [-0.3, -0.25) is 0 Å². The van der Waals surface area contributed by atoms with Gasteiger partial charge in [-0.15, -0.1) is 0 Å². The Kier molecular flexibility index (Phi) is 4.17. The van der Waals surface area contributed by atoms with Gasteiger partial charge in [-0.05, 0) is 50.1 Å². The summed E-state index contributed by atoms with van der Waals surface area (Å²) in [7, 11) is 0. The molecule has 1 heterocycles. The summed E-state index contributed by atoms with van der Waals surface area (Å²) < 4.78 is 37.8. The second-order valence-corrected chi connectivity index (χ2v) is 6.93. The molecule has 1 aliphatic carbocycles. The Labute approximate surface area is 113 Å². The van der Waals surface area contributed by atoms with Crippen molar-refractivity contribution in [3.8, 4) is 0 Å². The molecular formula is C14H25F3N2. The number of likely N-dealkylation sites (tertiary alicyclic amines) is 1. The summed E-state index contributed by atoms with van der Waals surface area (Å²) >= 11 is 0. The molecule has 112 valence electrons. The van der Waals surface area contributed by atoms with Crippen LogP contribution >= 0.6 is 0 Å². The molecule has 0 aromatic heterocycles. The highest BCUT2D eigenvalue weighted by atomic mass is 19.4. The first-order valence-corrected chi connectivity index (χ1v) is 7.25. The van der Waals surface area contributed by atoms with Crippen LogP contribution in [0.25, 0.3) is 0 Å². The van der Waals surface area contributed by atoms with Gasteiger partial charge in [0.05, 0.1) is 5.92 Å². The fraction of sp³-hybridized carbons (Fsp3) is 1.00. The van der Waals surface area contributed by atoms with Crippen LogP contribution in [0.3, 0.4) is 0 Å². The van der Waals surface area contributed by atoms with Crippen molar-refractivity contribution in [1.29, 1.82) is 0 Å². The van der Waals surface area contributed by atoms with Crippen LogP contribution in [0, 0.1) is 17.3 Å². The average Bonchev–Trinajstić information content (AvgIpc) is 2.56. The number of piperidine rings is 1. The molecule has 0 spiro atoms. The molecule has 2 unspecified atom stereocenters.